The molecule has 0 aliphatic rings. The summed E-state index contributed by atoms with van der Waals surface area (Å²) in [5.41, 5.74) is 2.76. The minimum absolute atomic E-state index is 0.763. The third-order valence-electron chi connectivity index (χ3n) is 3.29. The number of hydrogen-bond donors (Lipinski definition) is 0. The van der Waals surface area contributed by atoms with Crippen LogP contribution in [0.3, 0.4) is 0 Å². The number of para-hydroxylation sites is 1. The molecule has 0 aliphatic carbocycles. The molecule has 86 valence electrons. The Kier molecular flexibility index (Phi) is 3.33. The third-order valence-corrected chi connectivity index (χ3v) is 3.29. The molecular formula is C15H21N. The van der Waals surface area contributed by atoms with E-state index in [1.807, 2.05) is 0 Å². The van der Waals surface area contributed by atoms with Crippen LogP contribution in [-0.2, 0) is 6.54 Å². The van der Waals surface area contributed by atoms with Gasteiger partial charge in [-0.15, -0.1) is 0 Å². The second-order valence-corrected chi connectivity index (χ2v) is 4.85. The summed E-state index contributed by atoms with van der Waals surface area (Å²) in [6.45, 7) is 7.96. The standard InChI is InChI=1S/C15H21N/c1-4-7-12(2)11-16-13(3)10-14-8-5-6-9-15(14)16/h5-6,8-10,12H,4,7,11H2,1-3H3. The van der Waals surface area contributed by atoms with Crippen molar-refractivity contribution in [3.8, 4) is 0 Å². The van der Waals surface area contributed by atoms with E-state index < -0.39 is 0 Å². The van der Waals surface area contributed by atoms with Crippen LogP contribution < -0.4 is 0 Å². The third kappa shape index (κ3) is 2.13. The molecule has 1 aromatic carbocycles. The highest BCUT2D eigenvalue weighted by molar-refractivity contribution is 5.81. The van der Waals surface area contributed by atoms with Crippen molar-refractivity contribution in [3.05, 3.63) is 36.0 Å². The van der Waals surface area contributed by atoms with Crippen molar-refractivity contribution in [1.29, 1.82) is 0 Å². The quantitative estimate of drug-likeness (QED) is 0.713. The van der Waals surface area contributed by atoms with Gasteiger partial charge < -0.3 is 4.57 Å². The summed E-state index contributed by atoms with van der Waals surface area (Å²) in [4.78, 5) is 0. The first-order valence-electron chi connectivity index (χ1n) is 6.27. The van der Waals surface area contributed by atoms with Crippen LogP contribution in [0, 0.1) is 12.8 Å². The highest BCUT2D eigenvalue weighted by Gasteiger charge is 2.08. The molecule has 0 saturated heterocycles. The van der Waals surface area contributed by atoms with E-state index in [9.17, 15) is 0 Å². The van der Waals surface area contributed by atoms with Gasteiger partial charge in [0, 0.05) is 17.8 Å². The zero-order chi connectivity index (χ0) is 11.5. The largest absolute Gasteiger partial charge is 0.345 e. The van der Waals surface area contributed by atoms with Crippen molar-refractivity contribution in [2.75, 3.05) is 0 Å². The number of rotatable bonds is 4. The van der Waals surface area contributed by atoms with Crippen LogP contribution in [0.5, 0.6) is 0 Å². The molecule has 16 heavy (non-hydrogen) atoms. The molecule has 1 atom stereocenters. The van der Waals surface area contributed by atoms with Gasteiger partial charge in [-0.2, -0.15) is 0 Å². The van der Waals surface area contributed by atoms with E-state index >= 15 is 0 Å². The van der Waals surface area contributed by atoms with E-state index in [4.69, 9.17) is 0 Å². The molecule has 0 aliphatic heterocycles. The van der Waals surface area contributed by atoms with Gasteiger partial charge in [-0.1, -0.05) is 38.5 Å². The van der Waals surface area contributed by atoms with E-state index in [2.05, 4.69) is 55.7 Å². The number of benzene rings is 1. The fourth-order valence-electron chi connectivity index (χ4n) is 2.49. The maximum absolute atomic E-state index is 2.45. The van der Waals surface area contributed by atoms with Crippen LogP contribution in [0.1, 0.15) is 32.4 Å². The lowest BCUT2D eigenvalue weighted by Crippen LogP contribution is -2.08. The van der Waals surface area contributed by atoms with Gasteiger partial charge in [0.1, 0.15) is 0 Å². The van der Waals surface area contributed by atoms with Crippen LogP contribution in [0.4, 0.5) is 0 Å². The zero-order valence-electron chi connectivity index (χ0n) is 10.5. The Labute approximate surface area is 98.1 Å². The Bertz CT molecular complexity index is 467. The van der Waals surface area contributed by atoms with E-state index in [1.165, 1.54) is 29.4 Å². The van der Waals surface area contributed by atoms with E-state index in [0.717, 1.165) is 12.5 Å². The predicted octanol–water partition coefficient (Wildman–Crippen LogP) is 4.39. The van der Waals surface area contributed by atoms with Gasteiger partial charge in [-0.3, -0.25) is 0 Å². The van der Waals surface area contributed by atoms with Crippen LogP contribution in [0.25, 0.3) is 10.9 Å². The Morgan fingerprint density at radius 1 is 1.25 bits per heavy atom. The molecule has 0 N–H and O–H groups in total. The van der Waals surface area contributed by atoms with Gasteiger partial charge in [-0.05, 0) is 36.8 Å². The van der Waals surface area contributed by atoms with Gasteiger partial charge in [-0.25, -0.2) is 0 Å². The summed E-state index contributed by atoms with van der Waals surface area (Å²) in [6, 6.07) is 10.9. The molecule has 1 heteroatoms. The Hall–Kier alpha value is -1.24. The molecule has 1 heterocycles. The number of fused-ring (bicyclic) bond motifs is 1. The first-order chi connectivity index (χ1) is 7.72. The van der Waals surface area contributed by atoms with Gasteiger partial charge in [0.2, 0.25) is 0 Å². The lowest BCUT2D eigenvalue weighted by Gasteiger charge is -2.14. The molecule has 0 fully saturated rings. The molecular weight excluding hydrogens is 194 g/mol. The van der Waals surface area contributed by atoms with Crippen LogP contribution in [-0.4, -0.2) is 4.57 Å². The highest BCUT2D eigenvalue weighted by Crippen LogP contribution is 2.21. The van der Waals surface area contributed by atoms with Crippen molar-refractivity contribution in [1.82, 2.24) is 4.57 Å². The van der Waals surface area contributed by atoms with E-state index in [1.54, 1.807) is 0 Å². The van der Waals surface area contributed by atoms with Crippen molar-refractivity contribution in [3.63, 3.8) is 0 Å². The minimum Gasteiger partial charge on any atom is -0.345 e. The van der Waals surface area contributed by atoms with Crippen LogP contribution in [0.15, 0.2) is 30.3 Å². The van der Waals surface area contributed by atoms with Crippen molar-refractivity contribution in [2.24, 2.45) is 5.92 Å². The van der Waals surface area contributed by atoms with Crippen molar-refractivity contribution >= 4 is 10.9 Å². The predicted molar refractivity (Wildman–Crippen MR) is 70.7 cm³/mol. The van der Waals surface area contributed by atoms with Crippen LogP contribution >= 0.6 is 0 Å². The topological polar surface area (TPSA) is 4.93 Å². The number of hydrogen-bond acceptors (Lipinski definition) is 0. The van der Waals surface area contributed by atoms with Gasteiger partial charge in [0.15, 0.2) is 0 Å². The van der Waals surface area contributed by atoms with Crippen molar-refractivity contribution < 1.29 is 0 Å². The lowest BCUT2D eigenvalue weighted by atomic mass is 10.1. The minimum atomic E-state index is 0.763. The molecule has 0 amide bonds. The fraction of sp³-hybridized carbons (Fsp3) is 0.467. The highest BCUT2D eigenvalue weighted by atomic mass is 15.0. The summed E-state index contributed by atoms with van der Waals surface area (Å²) in [5.74, 6) is 0.763. The van der Waals surface area contributed by atoms with Gasteiger partial charge >= 0.3 is 0 Å². The molecule has 0 spiro atoms. The molecule has 0 saturated carbocycles. The van der Waals surface area contributed by atoms with Crippen molar-refractivity contribution in [2.45, 2.75) is 40.2 Å². The summed E-state index contributed by atoms with van der Waals surface area (Å²) < 4.78 is 2.45. The molecule has 0 bridgehead atoms. The molecule has 1 aromatic heterocycles. The normalized spacial score (nSPS) is 13.2. The maximum Gasteiger partial charge on any atom is 0.0482 e. The molecule has 1 nitrogen and oxygen atoms in total. The molecule has 2 aromatic rings. The molecule has 1 unspecified atom stereocenters. The zero-order valence-corrected chi connectivity index (χ0v) is 10.5. The number of nitrogens with zero attached hydrogens (tertiary/aromatic N) is 1. The number of aromatic nitrogens is 1. The monoisotopic (exact) mass is 215 g/mol. The maximum atomic E-state index is 2.45. The Morgan fingerprint density at radius 2 is 2.00 bits per heavy atom. The average molecular weight is 215 g/mol. The first-order valence-corrected chi connectivity index (χ1v) is 6.27. The van der Waals surface area contributed by atoms with Crippen LogP contribution in [0.2, 0.25) is 0 Å². The smallest absolute Gasteiger partial charge is 0.0482 e. The summed E-state index contributed by atoms with van der Waals surface area (Å²) in [7, 11) is 0. The first kappa shape index (κ1) is 11.3. The lowest BCUT2D eigenvalue weighted by molar-refractivity contribution is 0.449. The summed E-state index contributed by atoms with van der Waals surface area (Å²) in [6.07, 6.45) is 2.59. The second-order valence-electron chi connectivity index (χ2n) is 4.85. The van der Waals surface area contributed by atoms with Gasteiger partial charge in [0.05, 0.1) is 0 Å². The second kappa shape index (κ2) is 4.73. The van der Waals surface area contributed by atoms with Gasteiger partial charge in [0.25, 0.3) is 0 Å². The Morgan fingerprint density at radius 3 is 2.75 bits per heavy atom. The SMILES string of the molecule is CCCC(C)Cn1c(C)cc2ccccc21. The Balaban J connectivity index is 2.32. The number of aryl methyl sites for hydroxylation is 1. The molecule has 0 radical (unpaired) electrons. The fourth-order valence-corrected chi connectivity index (χ4v) is 2.49. The summed E-state index contributed by atoms with van der Waals surface area (Å²) in [5, 5.41) is 1.36. The average Bonchev–Trinajstić information content (AvgIpc) is 2.56. The molecule has 2 rings (SSSR count). The summed E-state index contributed by atoms with van der Waals surface area (Å²) >= 11 is 0. The van der Waals surface area contributed by atoms with E-state index in [-0.39, 0.29) is 0 Å². The van der Waals surface area contributed by atoms with E-state index in [0.29, 0.717) is 0 Å².